The van der Waals surface area contributed by atoms with Crippen LogP contribution in [-0.2, 0) is 0 Å². The number of benzene rings is 1. The van der Waals surface area contributed by atoms with Crippen molar-refractivity contribution in [1.82, 2.24) is 10.6 Å². The summed E-state index contributed by atoms with van der Waals surface area (Å²) in [7, 11) is 2.08. The van der Waals surface area contributed by atoms with E-state index in [1.165, 1.54) is 5.69 Å². The Bertz CT molecular complexity index is 386. The van der Waals surface area contributed by atoms with Crippen LogP contribution in [0.2, 0.25) is 0 Å². The fraction of sp³-hybridized carbons (Fsp3) is 0.400. The molecule has 0 atom stereocenters. The van der Waals surface area contributed by atoms with Crippen molar-refractivity contribution < 1.29 is 0 Å². The summed E-state index contributed by atoms with van der Waals surface area (Å²) in [5.41, 5.74) is 1.21. The Hall–Kier alpha value is -1.97. The Morgan fingerprint density at radius 3 is 2.68 bits per heavy atom. The van der Waals surface area contributed by atoms with Gasteiger partial charge in [0.15, 0.2) is 5.96 Å². The number of nitrogens with one attached hydrogen (secondary N) is 2. The van der Waals surface area contributed by atoms with Gasteiger partial charge in [0.1, 0.15) is 0 Å². The second-order valence-electron chi connectivity index (χ2n) is 4.19. The van der Waals surface area contributed by atoms with Gasteiger partial charge >= 0.3 is 0 Å². The van der Waals surface area contributed by atoms with Crippen LogP contribution in [0.3, 0.4) is 0 Å². The monoisotopic (exact) mass is 260 g/mol. The highest BCUT2D eigenvalue weighted by atomic mass is 15.2. The SMILES string of the molecule is C=CCNC(=NCCN(C)c1ccccc1)NCC. The van der Waals surface area contributed by atoms with Crippen molar-refractivity contribution in [1.29, 1.82) is 0 Å². The van der Waals surface area contributed by atoms with Crippen LogP contribution in [0.15, 0.2) is 48.0 Å². The van der Waals surface area contributed by atoms with E-state index < -0.39 is 0 Å². The molecule has 104 valence electrons. The first kappa shape index (κ1) is 15.1. The normalized spacial score (nSPS) is 10.9. The Morgan fingerprint density at radius 1 is 1.32 bits per heavy atom. The molecule has 0 bridgehead atoms. The number of nitrogens with zero attached hydrogens (tertiary/aromatic N) is 2. The maximum atomic E-state index is 4.52. The summed E-state index contributed by atoms with van der Waals surface area (Å²) in [4.78, 5) is 6.72. The molecule has 4 heteroatoms. The Balaban J connectivity index is 2.43. The lowest BCUT2D eigenvalue weighted by Crippen LogP contribution is -2.37. The molecule has 2 N–H and O–H groups in total. The van der Waals surface area contributed by atoms with Crippen molar-refractivity contribution in [3.05, 3.63) is 43.0 Å². The average molecular weight is 260 g/mol. The standard InChI is InChI=1S/C15H24N4/c1-4-11-17-15(16-5-2)18-12-13-19(3)14-9-7-6-8-10-14/h4,6-10H,1,5,11-13H2,2-3H3,(H2,16,17,18). The Morgan fingerprint density at radius 2 is 2.05 bits per heavy atom. The lowest BCUT2D eigenvalue weighted by Gasteiger charge is -2.18. The zero-order chi connectivity index (χ0) is 13.9. The van der Waals surface area contributed by atoms with E-state index in [2.05, 4.69) is 53.2 Å². The van der Waals surface area contributed by atoms with E-state index in [0.29, 0.717) is 0 Å². The first-order valence-corrected chi connectivity index (χ1v) is 6.67. The van der Waals surface area contributed by atoms with Crippen LogP contribution in [0.1, 0.15) is 6.92 Å². The highest BCUT2D eigenvalue weighted by Crippen LogP contribution is 2.09. The topological polar surface area (TPSA) is 39.7 Å². The molecular weight excluding hydrogens is 236 g/mol. The highest BCUT2D eigenvalue weighted by molar-refractivity contribution is 5.79. The van der Waals surface area contributed by atoms with Crippen molar-refractivity contribution >= 4 is 11.6 Å². The molecule has 0 fully saturated rings. The summed E-state index contributed by atoms with van der Waals surface area (Å²) in [5.74, 6) is 0.837. The zero-order valence-corrected chi connectivity index (χ0v) is 11.9. The van der Waals surface area contributed by atoms with Gasteiger partial charge in [0.2, 0.25) is 0 Å². The summed E-state index contributed by atoms with van der Waals surface area (Å²) >= 11 is 0. The molecule has 1 aromatic rings. The molecular formula is C15H24N4. The number of guanidine groups is 1. The largest absolute Gasteiger partial charge is 0.373 e. The molecule has 0 aliphatic rings. The molecule has 1 rings (SSSR count). The minimum absolute atomic E-state index is 0.723. The molecule has 19 heavy (non-hydrogen) atoms. The number of hydrogen-bond acceptors (Lipinski definition) is 2. The van der Waals surface area contributed by atoms with Crippen LogP contribution in [0.4, 0.5) is 5.69 Å². The van der Waals surface area contributed by atoms with Gasteiger partial charge in [-0.15, -0.1) is 6.58 Å². The van der Waals surface area contributed by atoms with Gasteiger partial charge in [-0.05, 0) is 19.1 Å². The van der Waals surface area contributed by atoms with Crippen molar-refractivity contribution in [2.75, 3.05) is 38.1 Å². The molecule has 1 aromatic carbocycles. The number of aliphatic imine (C=N–C) groups is 1. The molecule has 0 aromatic heterocycles. The number of likely N-dealkylation sites (N-methyl/N-ethyl adjacent to an activating group) is 1. The lowest BCUT2D eigenvalue weighted by molar-refractivity contribution is 0.834. The Kier molecular flexibility index (Phi) is 7.17. The lowest BCUT2D eigenvalue weighted by atomic mass is 10.3. The predicted molar refractivity (Wildman–Crippen MR) is 83.9 cm³/mol. The third-order valence-electron chi connectivity index (χ3n) is 2.66. The number of para-hydroxylation sites is 1. The van der Waals surface area contributed by atoms with Crippen LogP contribution >= 0.6 is 0 Å². The van der Waals surface area contributed by atoms with Crippen molar-refractivity contribution in [2.45, 2.75) is 6.92 Å². The molecule has 0 spiro atoms. The third-order valence-corrected chi connectivity index (χ3v) is 2.66. The third kappa shape index (κ3) is 5.95. The first-order valence-electron chi connectivity index (χ1n) is 6.67. The van der Waals surface area contributed by atoms with E-state index in [-0.39, 0.29) is 0 Å². The molecule has 0 aliphatic carbocycles. The van der Waals surface area contributed by atoms with E-state index in [1.807, 2.05) is 24.3 Å². The van der Waals surface area contributed by atoms with E-state index in [9.17, 15) is 0 Å². The summed E-state index contributed by atoms with van der Waals surface area (Å²) in [5, 5.41) is 6.39. The summed E-state index contributed by atoms with van der Waals surface area (Å²) < 4.78 is 0. The summed E-state index contributed by atoms with van der Waals surface area (Å²) in [6.07, 6.45) is 1.82. The second-order valence-corrected chi connectivity index (χ2v) is 4.19. The van der Waals surface area contributed by atoms with Gasteiger partial charge in [-0.25, -0.2) is 0 Å². The Labute approximate surface area is 116 Å². The quantitative estimate of drug-likeness (QED) is 0.446. The van der Waals surface area contributed by atoms with Gasteiger partial charge in [-0.3, -0.25) is 4.99 Å². The maximum absolute atomic E-state index is 4.52. The fourth-order valence-electron chi connectivity index (χ4n) is 1.63. The second kappa shape index (κ2) is 9.03. The molecule has 0 saturated carbocycles. The molecule has 4 nitrogen and oxygen atoms in total. The van der Waals surface area contributed by atoms with Gasteiger partial charge in [-0.1, -0.05) is 24.3 Å². The van der Waals surface area contributed by atoms with Crippen molar-refractivity contribution in [2.24, 2.45) is 4.99 Å². The average Bonchev–Trinajstić information content (AvgIpc) is 2.45. The fourth-order valence-corrected chi connectivity index (χ4v) is 1.63. The highest BCUT2D eigenvalue weighted by Gasteiger charge is 1.99. The van der Waals surface area contributed by atoms with Gasteiger partial charge in [0, 0.05) is 32.4 Å². The minimum Gasteiger partial charge on any atom is -0.373 e. The van der Waals surface area contributed by atoms with E-state index in [0.717, 1.165) is 32.1 Å². The predicted octanol–water partition coefficient (Wildman–Crippen LogP) is 1.86. The van der Waals surface area contributed by atoms with Crippen molar-refractivity contribution in [3.8, 4) is 0 Å². The maximum Gasteiger partial charge on any atom is 0.191 e. The number of anilines is 1. The molecule has 0 radical (unpaired) electrons. The smallest absolute Gasteiger partial charge is 0.191 e. The molecule has 0 saturated heterocycles. The van der Waals surface area contributed by atoms with Crippen LogP contribution in [0.5, 0.6) is 0 Å². The van der Waals surface area contributed by atoms with Crippen LogP contribution < -0.4 is 15.5 Å². The number of hydrogen-bond donors (Lipinski definition) is 2. The molecule has 0 amide bonds. The van der Waals surface area contributed by atoms with Gasteiger partial charge < -0.3 is 15.5 Å². The summed E-state index contributed by atoms with van der Waals surface area (Å²) in [6.45, 7) is 8.96. The zero-order valence-electron chi connectivity index (χ0n) is 11.9. The first-order chi connectivity index (χ1) is 9.27. The van der Waals surface area contributed by atoms with Crippen LogP contribution in [0, 0.1) is 0 Å². The summed E-state index contributed by atoms with van der Waals surface area (Å²) in [6, 6.07) is 10.3. The van der Waals surface area contributed by atoms with Gasteiger partial charge in [0.25, 0.3) is 0 Å². The molecule has 0 aliphatic heterocycles. The van der Waals surface area contributed by atoms with E-state index >= 15 is 0 Å². The van der Waals surface area contributed by atoms with E-state index in [1.54, 1.807) is 0 Å². The minimum atomic E-state index is 0.723. The molecule has 0 heterocycles. The van der Waals surface area contributed by atoms with E-state index in [4.69, 9.17) is 0 Å². The number of rotatable bonds is 7. The van der Waals surface area contributed by atoms with Gasteiger partial charge in [0.05, 0.1) is 6.54 Å². The van der Waals surface area contributed by atoms with Crippen molar-refractivity contribution in [3.63, 3.8) is 0 Å². The van der Waals surface area contributed by atoms with Gasteiger partial charge in [-0.2, -0.15) is 0 Å². The van der Waals surface area contributed by atoms with Crippen LogP contribution in [0.25, 0.3) is 0 Å². The van der Waals surface area contributed by atoms with Crippen LogP contribution in [-0.4, -0.2) is 39.2 Å². The molecule has 0 unspecified atom stereocenters.